The quantitative estimate of drug-likeness (QED) is 0.311. The van der Waals surface area contributed by atoms with Gasteiger partial charge in [0.05, 0.1) is 22.3 Å². The highest BCUT2D eigenvalue weighted by Gasteiger charge is 2.37. The van der Waals surface area contributed by atoms with Crippen LogP contribution in [0.25, 0.3) is 0 Å². The summed E-state index contributed by atoms with van der Waals surface area (Å²) in [7, 11) is 0. The Balaban J connectivity index is 2.11. The summed E-state index contributed by atoms with van der Waals surface area (Å²) >= 11 is 6.92. The number of halogens is 2. The summed E-state index contributed by atoms with van der Waals surface area (Å²) in [6, 6.07) is 7.05. The molecular formula is C24H28Br2N2O4. The fraction of sp³-hybridized carbons (Fsp3) is 0.417. The number of aliphatic hydroxyl groups excluding tert-OH is 2. The van der Waals surface area contributed by atoms with Gasteiger partial charge in [-0.1, -0.05) is 59.6 Å². The van der Waals surface area contributed by atoms with Gasteiger partial charge in [0.25, 0.3) is 0 Å². The normalized spacial score (nSPS) is 13.6. The third-order valence-electron chi connectivity index (χ3n) is 5.59. The van der Waals surface area contributed by atoms with Gasteiger partial charge in [-0.2, -0.15) is 0 Å². The van der Waals surface area contributed by atoms with E-state index in [1.807, 2.05) is 27.7 Å². The summed E-state index contributed by atoms with van der Waals surface area (Å²) in [4.78, 5) is 27.4. The summed E-state index contributed by atoms with van der Waals surface area (Å²) in [5, 5.41) is 25.6. The number of carbonyl (C=O) groups excluding carboxylic acids is 2. The zero-order valence-corrected chi connectivity index (χ0v) is 21.8. The molecule has 0 radical (unpaired) electrons. The number of fused-ring (bicyclic) bond motifs is 2. The average molecular weight is 568 g/mol. The lowest BCUT2D eigenvalue weighted by Crippen LogP contribution is -2.30. The summed E-state index contributed by atoms with van der Waals surface area (Å²) < 4.78 is 1.09. The second-order valence-corrected chi connectivity index (χ2v) is 11.4. The fourth-order valence-electron chi connectivity index (χ4n) is 3.40. The Morgan fingerprint density at radius 1 is 0.688 bits per heavy atom. The predicted molar refractivity (Wildman–Crippen MR) is 134 cm³/mol. The van der Waals surface area contributed by atoms with Crippen molar-refractivity contribution in [3.8, 4) is 0 Å². The van der Waals surface area contributed by atoms with Crippen LogP contribution >= 0.6 is 31.9 Å². The van der Waals surface area contributed by atoms with Crippen molar-refractivity contribution in [3.63, 3.8) is 0 Å². The van der Waals surface area contributed by atoms with Crippen LogP contribution in [0.15, 0.2) is 33.2 Å². The molecule has 0 unspecified atom stereocenters. The van der Waals surface area contributed by atoms with Gasteiger partial charge in [-0.15, -0.1) is 0 Å². The highest BCUT2D eigenvalue weighted by molar-refractivity contribution is 9.10. The number of benzene rings is 2. The molecule has 0 heterocycles. The SMILES string of the molecule is CC(C)(CO)CNc1ccc(Br)c2c1C(=O)c1c(Br)ccc(NCC(C)(C)CO)c1C2=O. The van der Waals surface area contributed by atoms with Crippen LogP contribution in [-0.2, 0) is 0 Å². The Kier molecular flexibility index (Phi) is 7.20. The standard InChI is InChI=1S/C24H28Br2N2O4/c1-23(2,11-29)9-27-15-7-5-13(25)17-19(15)21(31)18-14(26)6-8-16(20(18)22(17)32)28-10-24(3,4)12-30/h5-8,27-30H,9-12H2,1-4H3. The van der Waals surface area contributed by atoms with Gasteiger partial charge in [0.1, 0.15) is 0 Å². The molecule has 6 nitrogen and oxygen atoms in total. The highest BCUT2D eigenvalue weighted by atomic mass is 79.9. The van der Waals surface area contributed by atoms with E-state index in [4.69, 9.17) is 0 Å². The molecule has 0 saturated carbocycles. The summed E-state index contributed by atoms with van der Waals surface area (Å²) in [6.45, 7) is 8.49. The predicted octanol–water partition coefficient (Wildman–Crippen LogP) is 4.85. The van der Waals surface area contributed by atoms with Crippen LogP contribution in [0, 0.1) is 10.8 Å². The molecule has 1 aliphatic rings. The molecule has 2 aromatic carbocycles. The first-order valence-electron chi connectivity index (χ1n) is 10.4. The van der Waals surface area contributed by atoms with Crippen LogP contribution in [0.4, 0.5) is 11.4 Å². The Hall–Kier alpha value is -1.74. The Labute approximate surface area is 205 Å². The zero-order chi connectivity index (χ0) is 23.8. The van der Waals surface area contributed by atoms with E-state index in [1.54, 1.807) is 24.3 Å². The molecule has 0 atom stereocenters. The number of nitrogens with one attached hydrogen (secondary N) is 2. The average Bonchev–Trinajstić information content (AvgIpc) is 2.75. The molecule has 0 fully saturated rings. The van der Waals surface area contributed by atoms with E-state index in [0.29, 0.717) is 55.7 Å². The van der Waals surface area contributed by atoms with Crippen LogP contribution in [0.1, 0.15) is 59.5 Å². The maximum Gasteiger partial charge on any atom is 0.197 e. The van der Waals surface area contributed by atoms with Gasteiger partial charge in [0.2, 0.25) is 0 Å². The number of aliphatic hydroxyl groups is 2. The summed E-state index contributed by atoms with van der Waals surface area (Å²) in [5.74, 6) is -0.505. The summed E-state index contributed by atoms with van der Waals surface area (Å²) in [6.07, 6.45) is 0. The van der Waals surface area contributed by atoms with Gasteiger partial charge in [-0.25, -0.2) is 0 Å². The van der Waals surface area contributed by atoms with Crippen molar-refractivity contribution in [2.24, 2.45) is 10.8 Å². The zero-order valence-electron chi connectivity index (χ0n) is 18.6. The van der Waals surface area contributed by atoms with E-state index in [2.05, 4.69) is 42.5 Å². The van der Waals surface area contributed by atoms with Crippen molar-refractivity contribution in [1.29, 1.82) is 0 Å². The number of carbonyl (C=O) groups is 2. The maximum absolute atomic E-state index is 13.7. The minimum absolute atomic E-state index is 0.0147. The van der Waals surface area contributed by atoms with E-state index in [-0.39, 0.29) is 24.8 Å². The fourth-order valence-corrected chi connectivity index (χ4v) is 4.42. The Morgan fingerprint density at radius 3 is 1.34 bits per heavy atom. The van der Waals surface area contributed by atoms with Gasteiger partial charge in [-0.05, 0) is 24.3 Å². The van der Waals surface area contributed by atoms with Crippen molar-refractivity contribution in [2.75, 3.05) is 36.9 Å². The minimum atomic E-state index is -0.392. The van der Waals surface area contributed by atoms with Crippen LogP contribution in [-0.4, -0.2) is 48.1 Å². The molecule has 0 amide bonds. The van der Waals surface area contributed by atoms with Crippen LogP contribution in [0.2, 0.25) is 0 Å². The van der Waals surface area contributed by atoms with Crippen molar-refractivity contribution in [2.45, 2.75) is 27.7 Å². The largest absolute Gasteiger partial charge is 0.396 e. The first-order chi connectivity index (χ1) is 14.9. The molecule has 0 saturated heterocycles. The van der Waals surface area contributed by atoms with E-state index in [1.165, 1.54) is 0 Å². The number of anilines is 2. The second kappa shape index (κ2) is 9.25. The van der Waals surface area contributed by atoms with Crippen LogP contribution < -0.4 is 10.6 Å². The molecule has 0 aliphatic heterocycles. The second-order valence-electron chi connectivity index (χ2n) is 9.70. The van der Waals surface area contributed by atoms with Crippen molar-refractivity contribution < 1.29 is 19.8 Å². The molecule has 2 aromatic rings. The Bertz CT molecular complexity index is 995. The van der Waals surface area contributed by atoms with E-state index in [0.717, 1.165) is 0 Å². The van der Waals surface area contributed by atoms with Gasteiger partial charge < -0.3 is 20.8 Å². The molecule has 0 bridgehead atoms. The maximum atomic E-state index is 13.7. The number of hydrogen-bond donors (Lipinski definition) is 4. The van der Waals surface area contributed by atoms with Crippen molar-refractivity contribution >= 4 is 54.8 Å². The molecule has 1 aliphatic carbocycles. The number of hydrogen-bond acceptors (Lipinski definition) is 6. The van der Waals surface area contributed by atoms with E-state index < -0.39 is 10.8 Å². The van der Waals surface area contributed by atoms with Crippen LogP contribution in [0.3, 0.4) is 0 Å². The lowest BCUT2D eigenvalue weighted by molar-refractivity contribution is 0.0979. The summed E-state index contributed by atoms with van der Waals surface area (Å²) in [5.41, 5.74) is 1.60. The lowest BCUT2D eigenvalue weighted by atomic mass is 9.82. The van der Waals surface area contributed by atoms with Crippen molar-refractivity contribution in [1.82, 2.24) is 0 Å². The Morgan fingerprint density at radius 2 is 1.03 bits per heavy atom. The molecule has 0 spiro atoms. The monoisotopic (exact) mass is 566 g/mol. The van der Waals surface area contributed by atoms with Crippen LogP contribution in [0.5, 0.6) is 0 Å². The minimum Gasteiger partial charge on any atom is -0.396 e. The molecule has 0 aromatic heterocycles. The van der Waals surface area contributed by atoms with Gasteiger partial charge in [0.15, 0.2) is 11.6 Å². The van der Waals surface area contributed by atoms with Gasteiger partial charge >= 0.3 is 0 Å². The lowest BCUT2D eigenvalue weighted by Gasteiger charge is -2.28. The highest BCUT2D eigenvalue weighted by Crippen LogP contribution is 2.41. The number of rotatable bonds is 8. The molecule has 3 rings (SSSR count). The number of ketones is 2. The van der Waals surface area contributed by atoms with E-state index >= 15 is 0 Å². The smallest absolute Gasteiger partial charge is 0.197 e. The molecule has 172 valence electrons. The van der Waals surface area contributed by atoms with Crippen molar-refractivity contribution in [3.05, 3.63) is 55.5 Å². The van der Waals surface area contributed by atoms with Gasteiger partial charge in [0, 0.05) is 57.5 Å². The molecule has 32 heavy (non-hydrogen) atoms. The van der Waals surface area contributed by atoms with E-state index in [9.17, 15) is 19.8 Å². The molecule has 8 heteroatoms. The first kappa shape index (κ1) is 24.9. The molecule has 4 N–H and O–H groups in total. The topological polar surface area (TPSA) is 98.7 Å². The third-order valence-corrected chi connectivity index (χ3v) is 6.91. The third kappa shape index (κ3) is 4.78. The molecular weight excluding hydrogens is 540 g/mol. The van der Waals surface area contributed by atoms with Gasteiger partial charge in [-0.3, -0.25) is 9.59 Å². The first-order valence-corrected chi connectivity index (χ1v) is 11.9.